The van der Waals surface area contributed by atoms with Gasteiger partial charge in [0.05, 0.1) is 25.0 Å². The van der Waals surface area contributed by atoms with Gasteiger partial charge in [0, 0.05) is 37.7 Å². The van der Waals surface area contributed by atoms with E-state index in [1.54, 1.807) is 29.3 Å². The van der Waals surface area contributed by atoms with E-state index in [9.17, 15) is 8.42 Å². The van der Waals surface area contributed by atoms with Gasteiger partial charge in [-0.05, 0) is 26.6 Å². The Morgan fingerprint density at radius 3 is 3.00 bits per heavy atom. The van der Waals surface area contributed by atoms with Crippen LogP contribution in [0.25, 0.3) is 0 Å². The Hall–Kier alpha value is -2.01. The van der Waals surface area contributed by atoms with Gasteiger partial charge in [0.25, 0.3) is 0 Å². The smallest absolute Gasteiger partial charge is 0.243 e. The lowest BCUT2D eigenvalue weighted by Gasteiger charge is -2.14. The van der Waals surface area contributed by atoms with Crippen molar-refractivity contribution in [2.75, 3.05) is 40.5 Å². The van der Waals surface area contributed by atoms with E-state index < -0.39 is 10.0 Å². The first-order valence-electron chi connectivity index (χ1n) is 8.78. The molecule has 1 atom stereocenters. The summed E-state index contributed by atoms with van der Waals surface area (Å²) in [6.45, 7) is 2.58. The van der Waals surface area contributed by atoms with Crippen molar-refractivity contribution in [3.05, 3.63) is 36.4 Å². The Balaban J connectivity index is 1.63. The molecule has 1 aliphatic rings. The molecule has 2 aromatic heterocycles. The Kier molecular flexibility index (Phi) is 6.42. The van der Waals surface area contributed by atoms with Crippen molar-refractivity contribution in [3.8, 4) is 5.75 Å². The molecule has 0 bridgehead atoms. The molecule has 1 fully saturated rings. The molecule has 1 unspecified atom stereocenters. The van der Waals surface area contributed by atoms with Crippen molar-refractivity contribution in [1.82, 2.24) is 24.4 Å². The Morgan fingerprint density at radius 1 is 1.41 bits per heavy atom. The molecule has 9 nitrogen and oxygen atoms in total. The first-order valence-corrected chi connectivity index (χ1v) is 10.3. The zero-order chi connectivity index (χ0) is 19.3. The van der Waals surface area contributed by atoms with E-state index in [0.717, 1.165) is 18.5 Å². The maximum Gasteiger partial charge on any atom is 0.243 e. The number of nitrogens with zero attached hydrogens (tertiary/aromatic N) is 4. The molecular formula is C17H25N5O4S. The van der Waals surface area contributed by atoms with E-state index in [-0.39, 0.29) is 17.5 Å². The van der Waals surface area contributed by atoms with Crippen LogP contribution >= 0.6 is 0 Å². The van der Waals surface area contributed by atoms with Gasteiger partial charge in [0.15, 0.2) is 0 Å². The Morgan fingerprint density at radius 2 is 2.26 bits per heavy atom. The van der Waals surface area contributed by atoms with Gasteiger partial charge in [-0.15, -0.1) is 0 Å². The molecule has 1 aliphatic heterocycles. The van der Waals surface area contributed by atoms with Crippen molar-refractivity contribution in [2.45, 2.75) is 23.9 Å². The minimum Gasteiger partial charge on any atom is -0.490 e. The van der Waals surface area contributed by atoms with Gasteiger partial charge in [-0.2, -0.15) is 5.10 Å². The van der Waals surface area contributed by atoms with Crippen LogP contribution in [0.2, 0.25) is 0 Å². The van der Waals surface area contributed by atoms with Gasteiger partial charge in [-0.25, -0.2) is 13.1 Å². The van der Waals surface area contributed by atoms with E-state index in [2.05, 4.69) is 14.8 Å². The molecule has 148 valence electrons. The highest BCUT2D eigenvalue weighted by molar-refractivity contribution is 7.89. The summed E-state index contributed by atoms with van der Waals surface area (Å²) >= 11 is 0. The van der Waals surface area contributed by atoms with Gasteiger partial charge in [-0.1, -0.05) is 0 Å². The predicted octanol–water partition coefficient (Wildman–Crippen LogP) is 0.658. The number of pyridine rings is 1. The number of likely N-dealkylation sites (N-methyl/N-ethyl adjacent to an activating group) is 1. The molecule has 27 heavy (non-hydrogen) atoms. The average molecular weight is 395 g/mol. The second kappa shape index (κ2) is 8.79. The van der Waals surface area contributed by atoms with Crippen LogP contribution in [-0.2, 0) is 21.3 Å². The number of rotatable bonds is 9. The summed E-state index contributed by atoms with van der Waals surface area (Å²) in [6.07, 6.45) is 6.95. The van der Waals surface area contributed by atoms with E-state index in [1.807, 2.05) is 19.0 Å². The minimum absolute atomic E-state index is 0.0887. The summed E-state index contributed by atoms with van der Waals surface area (Å²) in [6, 6.07) is 1.83. The minimum atomic E-state index is -3.68. The predicted molar refractivity (Wildman–Crippen MR) is 99.0 cm³/mol. The lowest BCUT2D eigenvalue weighted by Crippen LogP contribution is -2.24. The third kappa shape index (κ3) is 5.25. The quantitative estimate of drug-likeness (QED) is 0.666. The molecule has 1 N–H and O–H groups in total. The molecule has 0 aliphatic carbocycles. The van der Waals surface area contributed by atoms with Crippen LogP contribution in [0.3, 0.4) is 0 Å². The zero-order valence-corrected chi connectivity index (χ0v) is 16.4. The van der Waals surface area contributed by atoms with Gasteiger partial charge < -0.3 is 14.4 Å². The Bertz CT molecular complexity index is 847. The summed E-state index contributed by atoms with van der Waals surface area (Å²) in [5.74, 6) is 0.570. The fourth-order valence-electron chi connectivity index (χ4n) is 2.67. The second-order valence-corrected chi connectivity index (χ2v) is 8.40. The molecule has 1 saturated heterocycles. The molecular weight excluding hydrogens is 370 g/mol. The number of nitrogens with one attached hydrogen (secondary N) is 1. The van der Waals surface area contributed by atoms with Crippen molar-refractivity contribution < 1.29 is 17.9 Å². The maximum absolute atomic E-state index is 12.6. The SMILES string of the molecule is CN(C)CCOc1cnccc1CNS(=O)(=O)c1cnn(C2CCOC2)c1. The van der Waals surface area contributed by atoms with Gasteiger partial charge >= 0.3 is 0 Å². The summed E-state index contributed by atoms with van der Waals surface area (Å²) in [7, 11) is 0.239. The molecule has 0 spiro atoms. The van der Waals surface area contributed by atoms with E-state index >= 15 is 0 Å². The topological polar surface area (TPSA) is 98.6 Å². The van der Waals surface area contributed by atoms with Gasteiger partial charge in [0.1, 0.15) is 17.3 Å². The molecule has 0 radical (unpaired) electrons. The zero-order valence-electron chi connectivity index (χ0n) is 15.5. The van der Waals surface area contributed by atoms with Crippen LogP contribution in [0.5, 0.6) is 5.75 Å². The normalized spacial score (nSPS) is 17.5. The highest BCUT2D eigenvalue weighted by Gasteiger charge is 2.22. The second-order valence-electron chi connectivity index (χ2n) is 6.63. The highest BCUT2D eigenvalue weighted by Crippen LogP contribution is 2.21. The molecule has 2 aromatic rings. The van der Waals surface area contributed by atoms with Crippen molar-refractivity contribution in [2.24, 2.45) is 0 Å². The summed E-state index contributed by atoms with van der Waals surface area (Å²) in [4.78, 5) is 6.20. The molecule has 0 amide bonds. The number of hydrogen-bond donors (Lipinski definition) is 1. The van der Waals surface area contributed by atoms with E-state index in [0.29, 0.717) is 25.6 Å². The van der Waals surface area contributed by atoms with Crippen LogP contribution in [0.1, 0.15) is 18.0 Å². The standard InChI is InChI=1S/C17H25N5O4S/c1-21(2)6-8-26-17-11-18-5-3-14(17)9-20-27(23,24)16-10-19-22(12-16)15-4-7-25-13-15/h3,5,10-12,15,20H,4,6-9,13H2,1-2H3. The van der Waals surface area contributed by atoms with E-state index in [4.69, 9.17) is 9.47 Å². The van der Waals surface area contributed by atoms with Crippen molar-refractivity contribution in [1.29, 1.82) is 0 Å². The first-order chi connectivity index (χ1) is 13.0. The average Bonchev–Trinajstić information content (AvgIpc) is 3.32. The van der Waals surface area contributed by atoms with Crippen LogP contribution in [-0.4, -0.2) is 68.5 Å². The third-order valence-electron chi connectivity index (χ3n) is 4.29. The highest BCUT2D eigenvalue weighted by atomic mass is 32.2. The van der Waals surface area contributed by atoms with Crippen LogP contribution < -0.4 is 9.46 Å². The fourth-order valence-corrected chi connectivity index (χ4v) is 3.61. The third-order valence-corrected chi connectivity index (χ3v) is 5.64. The number of aromatic nitrogens is 3. The Labute approximate surface area is 159 Å². The number of ether oxygens (including phenoxy) is 2. The fraction of sp³-hybridized carbons (Fsp3) is 0.529. The lowest BCUT2D eigenvalue weighted by molar-refractivity contribution is 0.184. The van der Waals surface area contributed by atoms with Crippen molar-refractivity contribution in [3.63, 3.8) is 0 Å². The first kappa shape index (κ1) is 19.7. The maximum atomic E-state index is 12.6. The lowest BCUT2D eigenvalue weighted by atomic mass is 10.2. The van der Waals surface area contributed by atoms with Crippen molar-refractivity contribution >= 4 is 10.0 Å². The van der Waals surface area contributed by atoms with Crippen LogP contribution in [0.15, 0.2) is 35.7 Å². The number of hydrogen-bond acceptors (Lipinski definition) is 7. The molecule has 3 heterocycles. The summed E-state index contributed by atoms with van der Waals surface area (Å²) in [5.41, 5.74) is 0.726. The van der Waals surface area contributed by atoms with Gasteiger partial charge in [-0.3, -0.25) is 9.67 Å². The summed E-state index contributed by atoms with van der Waals surface area (Å²) in [5, 5.41) is 4.17. The molecule has 0 saturated carbocycles. The van der Waals surface area contributed by atoms with Gasteiger partial charge in [0.2, 0.25) is 10.0 Å². The summed E-state index contributed by atoms with van der Waals surface area (Å²) < 4.78 is 40.5. The molecule has 3 rings (SSSR count). The van der Waals surface area contributed by atoms with Crippen LogP contribution in [0.4, 0.5) is 0 Å². The monoisotopic (exact) mass is 395 g/mol. The van der Waals surface area contributed by atoms with Crippen LogP contribution in [0, 0.1) is 0 Å². The largest absolute Gasteiger partial charge is 0.490 e. The van der Waals surface area contributed by atoms with E-state index in [1.165, 1.54) is 6.20 Å². The molecule has 0 aromatic carbocycles. The number of sulfonamides is 1. The molecule has 10 heteroatoms.